The van der Waals surface area contributed by atoms with E-state index in [1.807, 2.05) is 42.5 Å². The molecule has 1 aliphatic heterocycles. The van der Waals surface area contributed by atoms with Gasteiger partial charge in [0.15, 0.2) is 0 Å². The van der Waals surface area contributed by atoms with Gasteiger partial charge < -0.3 is 15.4 Å². The fraction of sp³-hybridized carbons (Fsp3) is 0.250. The molecule has 29 heavy (non-hydrogen) atoms. The fourth-order valence-corrected chi connectivity index (χ4v) is 3.68. The maximum absolute atomic E-state index is 12.7. The van der Waals surface area contributed by atoms with E-state index in [-0.39, 0.29) is 36.7 Å². The number of amidine groups is 1. The van der Waals surface area contributed by atoms with Crippen molar-refractivity contribution in [2.24, 2.45) is 5.73 Å². The number of rotatable bonds is 6. The van der Waals surface area contributed by atoms with Crippen LogP contribution in [0.4, 0.5) is 10.5 Å². The molecule has 0 aromatic heterocycles. The Morgan fingerprint density at radius 2 is 1.83 bits per heavy atom. The lowest BCUT2D eigenvalue weighted by Crippen LogP contribution is -2.33. The molecule has 0 spiro atoms. The number of amides is 2. The summed E-state index contributed by atoms with van der Waals surface area (Å²) < 4.78 is 5.44. The molecule has 2 aromatic rings. The van der Waals surface area contributed by atoms with Gasteiger partial charge in [-0.05, 0) is 39.2 Å². The third kappa shape index (κ3) is 5.07. The summed E-state index contributed by atoms with van der Waals surface area (Å²) in [4.78, 5) is 27.3. The van der Waals surface area contributed by atoms with Crippen LogP contribution in [0.2, 0.25) is 0 Å². The lowest BCUT2D eigenvalue weighted by atomic mass is 10.0. The van der Waals surface area contributed by atoms with Gasteiger partial charge in [-0.1, -0.05) is 30.3 Å². The minimum absolute atomic E-state index is 0. The molecule has 0 radical (unpaired) electrons. The van der Waals surface area contributed by atoms with Crippen LogP contribution < -0.4 is 10.6 Å². The molecule has 9 heteroatoms. The summed E-state index contributed by atoms with van der Waals surface area (Å²) in [6, 6.07) is 13.1. The molecule has 0 atom stereocenters. The maximum Gasteiger partial charge on any atom is 0.324 e. The molecule has 154 valence electrons. The Labute approximate surface area is 183 Å². The van der Waals surface area contributed by atoms with Gasteiger partial charge in [0.2, 0.25) is 0 Å². The van der Waals surface area contributed by atoms with Gasteiger partial charge in [0.25, 0.3) is 0 Å². The number of methoxy groups -OCH3 is 1. The highest BCUT2D eigenvalue weighted by Gasteiger charge is 2.30. The molecule has 2 aromatic carbocycles. The number of urea groups is 1. The van der Waals surface area contributed by atoms with E-state index in [1.165, 1.54) is 7.11 Å². The second kappa shape index (κ2) is 9.76. The summed E-state index contributed by atoms with van der Waals surface area (Å²) in [5.41, 5.74) is 8.93. The Hall–Kier alpha value is -2.58. The molecule has 1 saturated heterocycles. The van der Waals surface area contributed by atoms with Crippen LogP contribution in [0.3, 0.4) is 0 Å². The van der Waals surface area contributed by atoms with Gasteiger partial charge in [-0.25, -0.2) is 4.79 Å². The van der Waals surface area contributed by atoms with E-state index < -0.39 is 0 Å². The zero-order valence-corrected chi connectivity index (χ0v) is 18.3. The number of halogens is 2. The largest absolute Gasteiger partial charge is 0.469 e. The molecule has 1 aliphatic rings. The Morgan fingerprint density at radius 3 is 2.41 bits per heavy atom. The van der Waals surface area contributed by atoms with Gasteiger partial charge in [0.1, 0.15) is 5.84 Å². The average molecular weight is 482 g/mol. The highest BCUT2D eigenvalue weighted by atomic mass is 79.9. The SMILES string of the molecule is COC(=O)CCN1CCN(c2ccc(-c3ccc(C(=N)N)cc3)cc2Br)C1=O.Cl. The first-order chi connectivity index (χ1) is 13.4. The van der Waals surface area contributed by atoms with Crippen molar-refractivity contribution in [2.75, 3.05) is 31.6 Å². The Bertz CT molecular complexity index is 920. The smallest absolute Gasteiger partial charge is 0.324 e. The molecule has 0 aliphatic carbocycles. The molecule has 1 heterocycles. The molecular weight excluding hydrogens is 460 g/mol. The third-order valence-corrected chi connectivity index (χ3v) is 5.31. The molecule has 3 N–H and O–H groups in total. The lowest BCUT2D eigenvalue weighted by Gasteiger charge is -2.20. The highest BCUT2D eigenvalue weighted by molar-refractivity contribution is 9.10. The Balaban J connectivity index is 0.00000300. The van der Waals surface area contributed by atoms with Gasteiger partial charge in [-0.3, -0.25) is 15.1 Å². The van der Waals surface area contributed by atoms with Crippen LogP contribution in [0.25, 0.3) is 11.1 Å². The van der Waals surface area contributed by atoms with E-state index in [1.54, 1.807) is 9.80 Å². The van der Waals surface area contributed by atoms with E-state index in [0.29, 0.717) is 25.2 Å². The summed E-state index contributed by atoms with van der Waals surface area (Å²) in [6.07, 6.45) is 0.187. The summed E-state index contributed by atoms with van der Waals surface area (Å²) in [5, 5.41) is 7.47. The van der Waals surface area contributed by atoms with E-state index in [9.17, 15) is 9.59 Å². The standard InChI is InChI=1S/C20H21BrN4O3.ClH/c1-28-18(26)8-9-24-10-11-25(20(24)27)17-7-6-15(12-16(17)21)13-2-4-14(5-3-13)19(22)23;/h2-7,12H,8-11H2,1H3,(H3,22,23);1H. The van der Waals surface area contributed by atoms with Crippen LogP contribution in [0, 0.1) is 5.41 Å². The summed E-state index contributed by atoms with van der Waals surface area (Å²) in [6.45, 7) is 1.47. The predicted molar refractivity (Wildman–Crippen MR) is 119 cm³/mol. The van der Waals surface area contributed by atoms with Crippen molar-refractivity contribution in [1.29, 1.82) is 5.41 Å². The number of esters is 1. The first-order valence-corrected chi connectivity index (χ1v) is 9.57. The molecule has 2 amide bonds. The van der Waals surface area contributed by atoms with E-state index in [4.69, 9.17) is 11.1 Å². The van der Waals surface area contributed by atoms with Crippen molar-refractivity contribution >= 4 is 51.9 Å². The Kier molecular flexibility index (Phi) is 7.64. The zero-order chi connectivity index (χ0) is 20.3. The lowest BCUT2D eigenvalue weighted by molar-refractivity contribution is -0.140. The normalized spacial score (nSPS) is 13.2. The number of hydrogen-bond acceptors (Lipinski definition) is 4. The number of hydrogen-bond donors (Lipinski definition) is 2. The first-order valence-electron chi connectivity index (χ1n) is 8.78. The van der Waals surface area contributed by atoms with Crippen LogP contribution in [-0.4, -0.2) is 49.5 Å². The number of nitrogens with one attached hydrogen (secondary N) is 1. The molecule has 0 bridgehead atoms. The van der Waals surface area contributed by atoms with Crippen molar-refractivity contribution in [3.8, 4) is 11.1 Å². The average Bonchev–Trinajstić information content (AvgIpc) is 3.06. The van der Waals surface area contributed by atoms with Gasteiger partial charge >= 0.3 is 12.0 Å². The number of carbonyl (C=O) groups excluding carboxylic acids is 2. The number of nitrogens with two attached hydrogens (primary N) is 1. The molecule has 3 rings (SSSR count). The number of benzene rings is 2. The minimum atomic E-state index is -0.326. The molecule has 0 saturated carbocycles. The van der Waals surface area contributed by atoms with Crippen LogP contribution in [0.5, 0.6) is 0 Å². The molecule has 7 nitrogen and oxygen atoms in total. The molecular formula is C20H22BrClN4O3. The van der Waals surface area contributed by atoms with Crippen molar-refractivity contribution < 1.29 is 14.3 Å². The Morgan fingerprint density at radius 1 is 1.17 bits per heavy atom. The van der Waals surface area contributed by atoms with Gasteiger partial charge in [-0.15, -0.1) is 12.4 Å². The second-order valence-corrected chi connectivity index (χ2v) is 7.26. The number of carbonyl (C=O) groups is 2. The topological polar surface area (TPSA) is 99.7 Å². The predicted octanol–water partition coefficient (Wildman–Crippen LogP) is 3.63. The number of ether oxygens (including phenoxy) is 1. The van der Waals surface area contributed by atoms with Gasteiger partial charge in [0.05, 0.1) is 19.2 Å². The van der Waals surface area contributed by atoms with Crippen LogP contribution in [0.1, 0.15) is 12.0 Å². The summed E-state index contributed by atoms with van der Waals surface area (Å²) >= 11 is 3.57. The van der Waals surface area contributed by atoms with E-state index in [0.717, 1.165) is 21.3 Å². The number of nitrogen functional groups attached to an aromatic ring is 1. The van der Waals surface area contributed by atoms with E-state index >= 15 is 0 Å². The van der Waals surface area contributed by atoms with Crippen LogP contribution in [-0.2, 0) is 9.53 Å². The minimum Gasteiger partial charge on any atom is -0.469 e. The van der Waals surface area contributed by atoms with E-state index in [2.05, 4.69) is 20.7 Å². The number of nitrogens with zero attached hydrogens (tertiary/aromatic N) is 2. The van der Waals surface area contributed by atoms with Gasteiger partial charge in [0, 0.05) is 29.7 Å². The van der Waals surface area contributed by atoms with Crippen LogP contribution >= 0.6 is 28.3 Å². The monoisotopic (exact) mass is 480 g/mol. The van der Waals surface area contributed by atoms with Gasteiger partial charge in [-0.2, -0.15) is 0 Å². The summed E-state index contributed by atoms with van der Waals surface area (Å²) in [5.74, 6) is -0.292. The van der Waals surface area contributed by atoms with Crippen molar-refractivity contribution in [3.63, 3.8) is 0 Å². The number of anilines is 1. The zero-order valence-electron chi connectivity index (χ0n) is 15.9. The maximum atomic E-state index is 12.7. The third-order valence-electron chi connectivity index (χ3n) is 4.68. The van der Waals surface area contributed by atoms with Crippen molar-refractivity contribution in [1.82, 2.24) is 4.90 Å². The quantitative estimate of drug-likeness (QED) is 0.374. The molecule has 0 unspecified atom stereocenters. The highest BCUT2D eigenvalue weighted by Crippen LogP contribution is 2.33. The van der Waals surface area contributed by atoms with Crippen molar-refractivity contribution in [2.45, 2.75) is 6.42 Å². The van der Waals surface area contributed by atoms with Crippen LogP contribution in [0.15, 0.2) is 46.9 Å². The summed E-state index contributed by atoms with van der Waals surface area (Å²) in [7, 11) is 1.34. The van der Waals surface area contributed by atoms with Crippen molar-refractivity contribution in [3.05, 3.63) is 52.5 Å². The first kappa shape index (κ1) is 22.7. The second-order valence-electron chi connectivity index (χ2n) is 6.40. The fourth-order valence-electron chi connectivity index (χ4n) is 3.09. The molecule has 1 fully saturated rings.